The Morgan fingerprint density at radius 2 is 2.27 bits per heavy atom. The highest BCUT2D eigenvalue weighted by Crippen LogP contribution is 2.22. The van der Waals surface area contributed by atoms with Crippen molar-refractivity contribution in [2.45, 2.75) is 51.0 Å². The van der Waals surface area contributed by atoms with Crippen molar-refractivity contribution in [1.82, 2.24) is 9.88 Å². The standard InChI is InChI=1S/C16H24N2O3S/c1-16(2,3)21-15(19)18-9-5-7-14(18)12-22(20)11-13-6-4-8-17-10-13/h4,6,8,10,14H,5,7,9,11-12H2,1-3H3. The molecule has 0 bridgehead atoms. The van der Waals surface area contributed by atoms with E-state index < -0.39 is 16.4 Å². The van der Waals surface area contributed by atoms with Crippen molar-refractivity contribution >= 4 is 16.9 Å². The first kappa shape index (κ1) is 16.9. The molecule has 6 heteroatoms. The fourth-order valence-corrected chi connectivity index (χ4v) is 3.95. The SMILES string of the molecule is CC(C)(C)OC(=O)N1CCCC1CS(=O)Cc1cccnc1. The number of carbonyl (C=O) groups is 1. The van der Waals surface area contributed by atoms with Gasteiger partial charge in [-0.05, 0) is 45.2 Å². The Bertz CT molecular complexity index is 528. The Balaban J connectivity index is 1.91. The summed E-state index contributed by atoms with van der Waals surface area (Å²) < 4.78 is 17.8. The van der Waals surface area contributed by atoms with Gasteiger partial charge in [0.2, 0.25) is 0 Å². The van der Waals surface area contributed by atoms with Gasteiger partial charge in [-0.25, -0.2) is 4.79 Å². The molecule has 0 saturated carbocycles. The summed E-state index contributed by atoms with van der Waals surface area (Å²) in [5.41, 5.74) is 0.460. The van der Waals surface area contributed by atoms with E-state index in [0.29, 0.717) is 18.1 Å². The van der Waals surface area contributed by atoms with E-state index in [-0.39, 0.29) is 12.1 Å². The van der Waals surface area contributed by atoms with Crippen LogP contribution in [0.2, 0.25) is 0 Å². The van der Waals surface area contributed by atoms with Crippen molar-refractivity contribution in [3.63, 3.8) is 0 Å². The average Bonchev–Trinajstić information content (AvgIpc) is 2.86. The summed E-state index contributed by atoms with van der Waals surface area (Å²) in [6.07, 6.45) is 4.96. The smallest absolute Gasteiger partial charge is 0.410 e. The molecule has 2 atom stereocenters. The van der Waals surface area contributed by atoms with Gasteiger partial charge in [-0.1, -0.05) is 6.07 Å². The number of ether oxygens (including phenoxy) is 1. The van der Waals surface area contributed by atoms with Crippen molar-refractivity contribution < 1.29 is 13.7 Å². The van der Waals surface area contributed by atoms with Crippen LogP contribution < -0.4 is 0 Å². The highest BCUT2D eigenvalue weighted by Gasteiger charge is 2.33. The maximum atomic E-state index is 12.3. The topological polar surface area (TPSA) is 59.5 Å². The van der Waals surface area contributed by atoms with Gasteiger partial charge in [-0.2, -0.15) is 0 Å². The van der Waals surface area contributed by atoms with Crippen molar-refractivity contribution in [3.05, 3.63) is 30.1 Å². The molecule has 1 aliphatic heterocycles. The van der Waals surface area contributed by atoms with Crippen LogP contribution in [0.5, 0.6) is 0 Å². The minimum atomic E-state index is -1.01. The van der Waals surface area contributed by atoms with Gasteiger partial charge in [0.15, 0.2) is 0 Å². The third kappa shape index (κ3) is 5.09. The molecule has 1 fully saturated rings. The predicted molar refractivity (Wildman–Crippen MR) is 86.9 cm³/mol. The molecule has 0 aliphatic carbocycles. The molecular formula is C16H24N2O3S. The first-order chi connectivity index (χ1) is 10.3. The van der Waals surface area contributed by atoms with E-state index in [4.69, 9.17) is 4.74 Å². The number of hydrogen-bond acceptors (Lipinski definition) is 4. The Morgan fingerprint density at radius 3 is 2.91 bits per heavy atom. The zero-order chi connectivity index (χ0) is 16.2. The number of carbonyl (C=O) groups excluding carboxylic acids is 1. The molecule has 0 aromatic carbocycles. The summed E-state index contributed by atoms with van der Waals surface area (Å²) in [6.45, 7) is 6.26. The molecule has 2 heterocycles. The summed E-state index contributed by atoms with van der Waals surface area (Å²) in [5.74, 6) is 0.973. The number of rotatable bonds is 4. The van der Waals surface area contributed by atoms with Crippen LogP contribution in [0, 0.1) is 0 Å². The number of pyridine rings is 1. The van der Waals surface area contributed by atoms with Gasteiger partial charge in [0, 0.05) is 41.5 Å². The van der Waals surface area contributed by atoms with Crippen LogP contribution in [0.15, 0.2) is 24.5 Å². The Morgan fingerprint density at radius 1 is 1.50 bits per heavy atom. The second kappa shape index (κ2) is 7.22. The number of hydrogen-bond donors (Lipinski definition) is 0. The molecule has 2 unspecified atom stereocenters. The number of amides is 1. The molecule has 0 spiro atoms. The van der Waals surface area contributed by atoms with Crippen molar-refractivity contribution in [1.29, 1.82) is 0 Å². The molecule has 0 N–H and O–H groups in total. The van der Waals surface area contributed by atoms with Gasteiger partial charge in [-0.3, -0.25) is 9.19 Å². The van der Waals surface area contributed by atoms with E-state index in [9.17, 15) is 9.00 Å². The lowest BCUT2D eigenvalue weighted by Gasteiger charge is -2.28. The number of nitrogens with zero attached hydrogens (tertiary/aromatic N) is 2. The van der Waals surface area contributed by atoms with Crippen molar-refractivity contribution in [2.75, 3.05) is 12.3 Å². The quantitative estimate of drug-likeness (QED) is 0.854. The van der Waals surface area contributed by atoms with E-state index in [1.165, 1.54) is 0 Å². The van der Waals surface area contributed by atoms with Gasteiger partial charge >= 0.3 is 6.09 Å². The molecule has 1 saturated heterocycles. The van der Waals surface area contributed by atoms with E-state index >= 15 is 0 Å². The third-order valence-corrected chi connectivity index (χ3v) is 4.85. The average molecular weight is 324 g/mol. The normalized spacial score (nSPS) is 20.0. The first-order valence-corrected chi connectivity index (χ1v) is 9.07. The van der Waals surface area contributed by atoms with Gasteiger partial charge in [0.05, 0.1) is 5.75 Å². The van der Waals surface area contributed by atoms with Crippen molar-refractivity contribution in [3.8, 4) is 0 Å². The highest BCUT2D eigenvalue weighted by atomic mass is 32.2. The molecule has 1 aliphatic rings. The van der Waals surface area contributed by atoms with Crippen LogP contribution >= 0.6 is 0 Å². The lowest BCUT2D eigenvalue weighted by molar-refractivity contribution is 0.0241. The first-order valence-electron chi connectivity index (χ1n) is 7.58. The van der Waals surface area contributed by atoms with Crippen LogP contribution in [0.25, 0.3) is 0 Å². The lowest BCUT2D eigenvalue weighted by atomic mass is 10.2. The predicted octanol–water partition coefficient (Wildman–Crippen LogP) is 2.73. The molecule has 1 aromatic rings. The minimum Gasteiger partial charge on any atom is -0.444 e. The minimum absolute atomic E-state index is 0.00681. The second-order valence-electron chi connectivity index (χ2n) is 6.58. The highest BCUT2D eigenvalue weighted by molar-refractivity contribution is 7.84. The summed E-state index contributed by atoms with van der Waals surface area (Å²) in [7, 11) is -1.01. The second-order valence-corrected chi connectivity index (χ2v) is 8.08. The van der Waals surface area contributed by atoms with Gasteiger partial charge in [0.1, 0.15) is 5.60 Å². The largest absolute Gasteiger partial charge is 0.444 e. The zero-order valence-corrected chi connectivity index (χ0v) is 14.3. The molecule has 22 heavy (non-hydrogen) atoms. The maximum absolute atomic E-state index is 12.3. The number of aromatic nitrogens is 1. The summed E-state index contributed by atoms with van der Waals surface area (Å²) in [5, 5.41) is 0. The van der Waals surface area contributed by atoms with Crippen LogP contribution in [0.3, 0.4) is 0 Å². The van der Waals surface area contributed by atoms with Crippen LogP contribution in [-0.4, -0.2) is 44.1 Å². The van der Waals surface area contributed by atoms with E-state index in [2.05, 4.69) is 4.98 Å². The van der Waals surface area contributed by atoms with Crippen LogP contribution in [-0.2, 0) is 21.3 Å². The Labute approximate surface area is 134 Å². The molecule has 1 amide bonds. The van der Waals surface area contributed by atoms with Gasteiger partial charge in [-0.15, -0.1) is 0 Å². The molecule has 122 valence electrons. The van der Waals surface area contributed by atoms with Crippen LogP contribution in [0.4, 0.5) is 4.79 Å². The molecule has 1 aromatic heterocycles. The molecule has 0 radical (unpaired) electrons. The fourth-order valence-electron chi connectivity index (χ4n) is 2.51. The molecule has 5 nitrogen and oxygen atoms in total. The van der Waals surface area contributed by atoms with Crippen LogP contribution in [0.1, 0.15) is 39.2 Å². The summed E-state index contributed by atoms with van der Waals surface area (Å²) >= 11 is 0. The Kier molecular flexibility index (Phi) is 5.56. The number of likely N-dealkylation sites (tertiary alicyclic amines) is 1. The molecular weight excluding hydrogens is 300 g/mol. The monoisotopic (exact) mass is 324 g/mol. The Hall–Kier alpha value is -1.43. The summed E-state index contributed by atoms with van der Waals surface area (Å²) in [6, 6.07) is 3.77. The molecule has 2 rings (SSSR count). The van der Waals surface area contributed by atoms with E-state index in [0.717, 1.165) is 18.4 Å². The van der Waals surface area contributed by atoms with E-state index in [1.807, 2.05) is 32.9 Å². The lowest BCUT2D eigenvalue weighted by Crippen LogP contribution is -2.42. The fraction of sp³-hybridized carbons (Fsp3) is 0.625. The third-order valence-electron chi connectivity index (χ3n) is 3.43. The maximum Gasteiger partial charge on any atom is 0.410 e. The van der Waals surface area contributed by atoms with Gasteiger partial charge < -0.3 is 9.64 Å². The van der Waals surface area contributed by atoms with Crippen molar-refractivity contribution in [2.24, 2.45) is 0 Å². The summed E-state index contributed by atoms with van der Waals surface area (Å²) in [4.78, 5) is 18.0. The zero-order valence-electron chi connectivity index (χ0n) is 13.4. The van der Waals surface area contributed by atoms with Gasteiger partial charge in [0.25, 0.3) is 0 Å². The van der Waals surface area contributed by atoms with E-state index in [1.54, 1.807) is 17.3 Å².